The monoisotopic (exact) mass is 307 g/mol. The lowest BCUT2D eigenvalue weighted by Crippen LogP contribution is -2.37. The molecule has 1 rings (SSSR count). The van der Waals surface area contributed by atoms with Crippen LogP contribution in [0.25, 0.3) is 0 Å². The number of benzene rings is 1. The van der Waals surface area contributed by atoms with Crippen molar-refractivity contribution in [2.45, 2.75) is 32.7 Å². The van der Waals surface area contributed by atoms with Crippen LogP contribution >= 0.6 is 0 Å². The second-order valence-electron chi connectivity index (χ2n) is 5.02. The summed E-state index contributed by atoms with van der Waals surface area (Å²) in [4.78, 5) is 4.21. The molecule has 0 saturated carbocycles. The van der Waals surface area contributed by atoms with Gasteiger partial charge in [-0.15, -0.1) is 0 Å². The van der Waals surface area contributed by atoms with Gasteiger partial charge in [0.2, 0.25) is 0 Å². The molecule has 5 nitrogen and oxygen atoms in total. The van der Waals surface area contributed by atoms with Crippen molar-refractivity contribution in [2.24, 2.45) is 4.99 Å². The number of aliphatic imine (C=N–C) groups is 1. The Hall–Kier alpha value is -1.75. The molecular formula is C17H29N3O2. The maximum absolute atomic E-state index is 5.53. The van der Waals surface area contributed by atoms with E-state index < -0.39 is 0 Å². The summed E-state index contributed by atoms with van der Waals surface area (Å²) in [5.74, 6) is 1.68. The summed E-state index contributed by atoms with van der Waals surface area (Å²) < 4.78 is 10.7. The number of rotatable bonds is 10. The largest absolute Gasteiger partial charge is 0.497 e. The van der Waals surface area contributed by atoms with E-state index in [4.69, 9.17) is 9.47 Å². The summed E-state index contributed by atoms with van der Waals surface area (Å²) in [6, 6.07) is 8.00. The van der Waals surface area contributed by atoms with Crippen molar-refractivity contribution in [2.75, 3.05) is 33.9 Å². The van der Waals surface area contributed by atoms with E-state index in [2.05, 4.69) is 22.5 Å². The average molecular weight is 307 g/mol. The summed E-state index contributed by atoms with van der Waals surface area (Å²) in [5.41, 5.74) is 1.19. The first-order chi connectivity index (χ1) is 10.8. The van der Waals surface area contributed by atoms with Crippen molar-refractivity contribution in [3.8, 4) is 5.75 Å². The van der Waals surface area contributed by atoms with E-state index in [1.165, 1.54) is 12.0 Å². The first-order valence-electron chi connectivity index (χ1n) is 7.95. The molecule has 0 aromatic heterocycles. The molecule has 124 valence electrons. The van der Waals surface area contributed by atoms with Crippen LogP contribution in [0.3, 0.4) is 0 Å². The minimum atomic E-state index is 0.733. The molecule has 0 bridgehead atoms. The van der Waals surface area contributed by atoms with Gasteiger partial charge in [0.15, 0.2) is 5.96 Å². The first kappa shape index (κ1) is 18.3. The molecule has 0 atom stereocenters. The fourth-order valence-electron chi connectivity index (χ4n) is 1.88. The molecule has 1 aromatic carbocycles. The van der Waals surface area contributed by atoms with Gasteiger partial charge in [0.25, 0.3) is 0 Å². The topological polar surface area (TPSA) is 54.9 Å². The number of ether oxygens (including phenoxy) is 2. The van der Waals surface area contributed by atoms with E-state index in [1.54, 1.807) is 14.2 Å². The van der Waals surface area contributed by atoms with Crippen molar-refractivity contribution in [3.05, 3.63) is 29.8 Å². The molecule has 0 radical (unpaired) electrons. The van der Waals surface area contributed by atoms with Crippen molar-refractivity contribution >= 4 is 5.96 Å². The number of nitrogens with one attached hydrogen (secondary N) is 2. The van der Waals surface area contributed by atoms with Crippen molar-refractivity contribution in [3.63, 3.8) is 0 Å². The van der Waals surface area contributed by atoms with Gasteiger partial charge in [-0.1, -0.05) is 25.5 Å². The van der Waals surface area contributed by atoms with Crippen LogP contribution in [0.4, 0.5) is 0 Å². The number of nitrogens with zero attached hydrogens (tertiary/aromatic N) is 1. The molecule has 0 amide bonds. The SMILES string of the molecule is CCCCOCCCNC(=NC)NCc1ccc(OC)cc1. The van der Waals surface area contributed by atoms with Crippen LogP contribution in [-0.4, -0.2) is 39.9 Å². The molecular weight excluding hydrogens is 278 g/mol. The van der Waals surface area contributed by atoms with E-state index in [-0.39, 0.29) is 0 Å². The summed E-state index contributed by atoms with van der Waals surface area (Å²) in [6.45, 7) is 5.41. The van der Waals surface area contributed by atoms with Crippen LogP contribution in [0.1, 0.15) is 31.7 Å². The second-order valence-corrected chi connectivity index (χ2v) is 5.02. The molecule has 0 saturated heterocycles. The molecule has 2 N–H and O–H groups in total. The highest BCUT2D eigenvalue weighted by Crippen LogP contribution is 2.10. The average Bonchev–Trinajstić information content (AvgIpc) is 2.57. The summed E-state index contributed by atoms with van der Waals surface area (Å²) in [7, 11) is 3.45. The Morgan fingerprint density at radius 1 is 1.09 bits per heavy atom. The van der Waals surface area contributed by atoms with Gasteiger partial charge in [-0.25, -0.2) is 0 Å². The van der Waals surface area contributed by atoms with Gasteiger partial charge in [-0.2, -0.15) is 0 Å². The minimum Gasteiger partial charge on any atom is -0.497 e. The van der Waals surface area contributed by atoms with Crippen molar-refractivity contribution in [1.29, 1.82) is 0 Å². The Morgan fingerprint density at radius 3 is 2.45 bits per heavy atom. The number of guanidine groups is 1. The Kier molecular flexibility index (Phi) is 9.87. The van der Waals surface area contributed by atoms with Crippen LogP contribution < -0.4 is 15.4 Å². The maximum Gasteiger partial charge on any atom is 0.191 e. The Balaban J connectivity index is 2.16. The van der Waals surface area contributed by atoms with Gasteiger partial charge in [-0.05, 0) is 30.5 Å². The Morgan fingerprint density at radius 2 is 1.82 bits per heavy atom. The zero-order valence-electron chi connectivity index (χ0n) is 14.0. The van der Waals surface area contributed by atoms with Gasteiger partial charge in [0.1, 0.15) is 5.75 Å². The van der Waals surface area contributed by atoms with Crippen LogP contribution in [-0.2, 0) is 11.3 Å². The molecule has 0 heterocycles. The molecule has 1 aromatic rings. The lowest BCUT2D eigenvalue weighted by atomic mass is 10.2. The quantitative estimate of drug-likeness (QED) is 0.396. The fourth-order valence-corrected chi connectivity index (χ4v) is 1.88. The van der Waals surface area contributed by atoms with E-state index in [1.807, 2.05) is 24.3 Å². The number of unbranched alkanes of at least 4 members (excludes halogenated alkanes) is 1. The maximum atomic E-state index is 5.53. The van der Waals surface area contributed by atoms with E-state index in [0.717, 1.165) is 50.9 Å². The van der Waals surface area contributed by atoms with Crippen LogP contribution in [0.5, 0.6) is 5.75 Å². The van der Waals surface area contributed by atoms with Gasteiger partial charge in [0.05, 0.1) is 7.11 Å². The first-order valence-corrected chi connectivity index (χ1v) is 7.95. The molecule has 0 aliphatic heterocycles. The predicted molar refractivity (Wildman–Crippen MR) is 91.5 cm³/mol. The number of hydrogen-bond acceptors (Lipinski definition) is 3. The standard InChI is InChI=1S/C17H29N3O2/c1-4-5-12-22-13-6-11-19-17(18-2)20-14-15-7-9-16(21-3)10-8-15/h7-10H,4-6,11-14H2,1-3H3,(H2,18,19,20). The smallest absolute Gasteiger partial charge is 0.191 e. The minimum absolute atomic E-state index is 0.733. The highest BCUT2D eigenvalue weighted by atomic mass is 16.5. The molecule has 0 unspecified atom stereocenters. The van der Waals surface area contributed by atoms with Gasteiger partial charge < -0.3 is 20.1 Å². The highest BCUT2D eigenvalue weighted by molar-refractivity contribution is 5.79. The van der Waals surface area contributed by atoms with E-state index >= 15 is 0 Å². The highest BCUT2D eigenvalue weighted by Gasteiger charge is 1.99. The Labute approximate surface area is 134 Å². The lowest BCUT2D eigenvalue weighted by molar-refractivity contribution is 0.129. The van der Waals surface area contributed by atoms with Crippen molar-refractivity contribution in [1.82, 2.24) is 10.6 Å². The van der Waals surface area contributed by atoms with Crippen LogP contribution in [0.2, 0.25) is 0 Å². The van der Waals surface area contributed by atoms with Gasteiger partial charge in [0, 0.05) is 33.4 Å². The van der Waals surface area contributed by atoms with Gasteiger partial charge in [-0.3, -0.25) is 4.99 Å². The lowest BCUT2D eigenvalue weighted by Gasteiger charge is -2.12. The molecule has 0 aliphatic rings. The molecule has 0 spiro atoms. The molecule has 5 heteroatoms. The third-order valence-corrected chi connectivity index (χ3v) is 3.24. The van der Waals surface area contributed by atoms with E-state index in [0.29, 0.717) is 0 Å². The van der Waals surface area contributed by atoms with Crippen molar-refractivity contribution < 1.29 is 9.47 Å². The number of hydrogen-bond donors (Lipinski definition) is 2. The second kappa shape index (κ2) is 11.9. The fraction of sp³-hybridized carbons (Fsp3) is 0.588. The van der Waals surface area contributed by atoms with Crippen LogP contribution in [0, 0.1) is 0 Å². The molecule has 0 aliphatic carbocycles. The third-order valence-electron chi connectivity index (χ3n) is 3.24. The molecule has 0 fully saturated rings. The summed E-state index contributed by atoms with van der Waals surface area (Å²) in [5, 5.41) is 6.58. The number of methoxy groups -OCH3 is 1. The Bertz CT molecular complexity index is 418. The normalized spacial score (nSPS) is 11.3. The van der Waals surface area contributed by atoms with E-state index in [9.17, 15) is 0 Å². The van der Waals surface area contributed by atoms with Crippen LogP contribution in [0.15, 0.2) is 29.3 Å². The zero-order valence-corrected chi connectivity index (χ0v) is 14.0. The third kappa shape index (κ3) is 7.88. The van der Waals surface area contributed by atoms with Gasteiger partial charge >= 0.3 is 0 Å². The summed E-state index contributed by atoms with van der Waals surface area (Å²) in [6.07, 6.45) is 3.30. The summed E-state index contributed by atoms with van der Waals surface area (Å²) >= 11 is 0. The predicted octanol–water partition coefficient (Wildman–Crippen LogP) is 2.57. The zero-order chi connectivity index (χ0) is 16.0. The molecule has 22 heavy (non-hydrogen) atoms.